The van der Waals surface area contributed by atoms with Gasteiger partial charge in [0.15, 0.2) is 0 Å². The van der Waals surface area contributed by atoms with E-state index < -0.39 is 0 Å². The number of hydrogen-bond acceptors (Lipinski definition) is 8. The van der Waals surface area contributed by atoms with Crippen molar-refractivity contribution in [3.05, 3.63) is 35.5 Å². The summed E-state index contributed by atoms with van der Waals surface area (Å²) in [6.45, 7) is 13.1. The standard InChI is InChI=1S/C41H58ClN3O5/c1-25(9-8-18-43-17-6-7-19-44-35-15-20-45-36-23-29(42)10-11-31(35)36)32-12-13-33-39-34(24-38(41(32,33)5)50-27(3)47)40(4)16-14-30(48)21-28(40)22-37(39)49-26(2)46/h10-11,15,20,23,25,28,32-34,37-39,43H,6-9,12-14,16-19,21-22,24H2,1-5H3,(H,44,45)/t25-,28+,32-,33+,34+,37-,38+,39+,40+,41-/m1/s1. The summed E-state index contributed by atoms with van der Waals surface area (Å²) in [5, 5.41) is 9.02. The Labute approximate surface area is 303 Å². The number of ketones is 1. The Kier molecular flexibility index (Phi) is 11.5. The fourth-order valence-corrected chi connectivity index (χ4v) is 11.5. The molecule has 10 atom stereocenters. The number of hydrogen-bond donors (Lipinski definition) is 2. The van der Waals surface area contributed by atoms with Gasteiger partial charge in [-0.25, -0.2) is 0 Å². The Morgan fingerprint density at radius 3 is 2.54 bits per heavy atom. The summed E-state index contributed by atoms with van der Waals surface area (Å²) in [6.07, 6.45) is 11.7. The van der Waals surface area contributed by atoms with Crippen LogP contribution in [0.25, 0.3) is 10.9 Å². The van der Waals surface area contributed by atoms with Gasteiger partial charge in [0.1, 0.15) is 18.0 Å². The van der Waals surface area contributed by atoms with Gasteiger partial charge in [0, 0.05) is 66.9 Å². The van der Waals surface area contributed by atoms with Crippen LogP contribution in [0.15, 0.2) is 30.5 Å². The molecule has 0 saturated heterocycles. The predicted molar refractivity (Wildman–Crippen MR) is 198 cm³/mol. The van der Waals surface area contributed by atoms with Crippen molar-refractivity contribution in [2.24, 2.45) is 46.3 Å². The van der Waals surface area contributed by atoms with Crippen molar-refractivity contribution < 1.29 is 23.9 Å². The van der Waals surface area contributed by atoms with E-state index in [0.717, 1.165) is 94.0 Å². The smallest absolute Gasteiger partial charge is 0.302 e. The van der Waals surface area contributed by atoms with E-state index in [0.29, 0.717) is 41.4 Å². The minimum absolute atomic E-state index is 0.0113. The molecular formula is C41H58ClN3O5. The van der Waals surface area contributed by atoms with E-state index in [1.807, 2.05) is 30.5 Å². The highest BCUT2D eigenvalue weighted by Crippen LogP contribution is 2.69. The van der Waals surface area contributed by atoms with Crippen molar-refractivity contribution in [3.63, 3.8) is 0 Å². The lowest BCUT2D eigenvalue weighted by atomic mass is 9.43. The normalized spacial score (nSPS) is 34.0. The quantitative estimate of drug-likeness (QED) is 0.158. The second-order valence-electron chi connectivity index (χ2n) is 16.5. The first-order chi connectivity index (χ1) is 23.9. The number of rotatable bonds is 13. The highest BCUT2D eigenvalue weighted by molar-refractivity contribution is 6.31. The average molecular weight is 708 g/mol. The summed E-state index contributed by atoms with van der Waals surface area (Å²) in [5.41, 5.74) is 1.81. The fraction of sp³-hybridized carbons (Fsp3) is 0.707. The topological polar surface area (TPSA) is 107 Å². The lowest BCUT2D eigenvalue weighted by molar-refractivity contribution is -0.219. The highest BCUT2D eigenvalue weighted by Gasteiger charge is 2.67. The molecule has 2 aromatic rings. The number of benzene rings is 1. The lowest BCUT2D eigenvalue weighted by Crippen LogP contribution is -2.63. The second kappa shape index (κ2) is 15.5. The summed E-state index contributed by atoms with van der Waals surface area (Å²) in [4.78, 5) is 42.1. The maximum atomic E-state index is 12.6. The summed E-state index contributed by atoms with van der Waals surface area (Å²) in [7, 11) is 0. The van der Waals surface area contributed by atoms with Crippen LogP contribution in [0, 0.1) is 46.3 Å². The van der Waals surface area contributed by atoms with Crippen LogP contribution in [0.2, 0.25) is 5.02 Å². The van der Waals surface area contributed by atoms with Crippen LogP contribution >= 0.6 is 11.6 Å². The van der Waals surface area contributed by atoms with Gasteiger partial charge < -0.3 is 20.1 Å². The molecule has 4 saturated carbocycles. The van der Waals surface area contributed by atoms with Crippen molar-refractivity contribution >= 4 is 45.9 Å². The number of pyridine rings is 1. The Morgan fingerprint density at radius 2 is 1.76 bits per heavy atom. The van der Waals surface area contributed by atoms with Crippen molar-refractivity contribution in [2.75, 3.05) is 25.0 Å². The first-order valence-electron chi connectivity index (χ1n) is 19.3. The summed E-state index contributed by atoms with van der Waals surface area (Å²) < 4.78 is 12.5. The van der Waals surface area contributed by atoms with E-state index in [2.05, 4.69) is 36.4 Å². The molecular weight excluding hydrogens is 650 g/mol. The van der Waals surface area contributed by atoms with Crippen LogP contribution in [0.4, 0.5) is 5.69 Å². The average Bonchev–Trinajstić information content (AvgIpc) is 3.42. The van der Waals surface area contributed by atoms with E-state index >= 15 is 0 Å². The van der Waals surface area contributed by atoms with Gasteiger partial charge in [-0.05, 0) is 130 Å². The Bertz CT molecular complexity index is 1550. The molecule has 1 aromatic heterocycles. The fourth-order valence-electron chi connectivity index (χ4n) is 11.4. The zero-order chi connectivity index (χ0) is 35.6. The third-order valence-corrected chi connectivity index (χ3v) is 14.0. The molecule has 6 rings (SSSR count). The molecule has 50 heavy (non-hydrogen) atoms. The molecule has 8 nitrogen and oxygen atoms in total. The highest BCUT2D eigenvalue weighted by atomic mass is 35.5. The first kappa shape index (κ1) is 37.1. The van der Waals surface area contributed by atoms with Crippen molar-refractivity contribution in [1.29, 1.82) is 0 Å². The van der Waals surface area contributed by atoms with Crippen LogP contribution in [0.5, 0.6) is 0 Å². The predicted octanol–water partition coefficient (Wildman–Crippen LogP) is 8.40. The minimum Gasteiger partial charge on any atom is -0.462 e. The van der Waals surface area contributed by atoms with Gasteiger partial charge in [-0.3, -0.25) is 19.4 Å². The number of aromatic nitrogens is 1. The van der Waals surface area contributed by atoms with Crippen LogP contribution in [0.3, 0.4) is 0 Å². The summed E-state index contributed by atoms with van der Waals surface area (Å²) in [5.74, 6) is 1.81. The van der Waals surface area contributed by atoms with Gasteiger partial charge in [0.05, 0.1) is 5.52 Å². The van der Waals surface area contributed by atoms with Gasteiger partial charge in [-0.1, -0.05) is 32.4 Å². The Morgan fingerprint density at radius 1 is 1.00 bits per heavy atom. The van der Waals surface area contributed by atoms with Crippen molar-refractivity contribution in [1.82, 2.24) is 10.3 Å². The molecule has 274 valence electrons. The first-order valence-corrected chi connectivity index (χ1v) is 19.6. The number of halogens is 1. The zero-order valence-corrected chi connectivity index (χ0v) is 31.5. The molecule has 4 fully saturated rings. The molecule has 0 bridgehead atoms. The van der Waals surface area contributed by atoms with E-state index in [1.165, 1.54) is 6.92 Å². The Balaban J connectivity index is 1.03. The van der Waals surface area contributed by atoms with Gasteiger partial charge in [0.25, 0.3) is 0 Å². The third-order valence-electron chi connectivity index (χ3n) is 13.7. The number of Topliss-reactive ketones (excluding diaryl/α,β-unsaturated/α-hetero) is 1. The second-order valence-corrected chi connectivity index (χ2v) is 17.0. The van der Waals surface area contributed by atoms with Gasteiger partial charge >= 0.3 is 11.9 Å². The lowest BCUT2D eigenvalue weighted by Gasteiger charge is -2.63. The molecule has 2 N–H and O–H groups in total. The number of carbonyl (C=O) groups excluding carboxylic acids is 3. The van der Waals surface area contributed by atoms with Gasteiger partial charge in [0.2, 0.25) is 0 Å². The van der Waals surface area contributed by atoms with E-state index in [1.54, 1.807) is 6.92 Å². The summed E-state index contributed by atoms with van der Waals surface area (Å²) in [6, 6.07) is 7.85. The largest absolute Gasteiger partial charge is 0.462 e. The SMILES string of the molecule is CC(=O)O[C@H]1C[C@H]2[C@@H]([C@H](OC(C)=O)C[C@@H]3CC(=O)CC[C@@]32C)[C@@H]2CC[C@H]([C@H](C)CCCNCCCCNc3ccnc4cc(Cl)ccc34)[C@@]12C. The monoisotopic (exact) mass is 707 g/mol. The van der Waals surface area contributed by atoms with Crippen molar-refractivity contribution in [2.45, 2.75) is 117 Å². The van der Waals surface area contributed by atoms with E-state index in [9.17, 15) is 14.4 Å². The van der Waals surface area contributed by atoms with Crippen LogP contribution in [-0.4, -0.2) is 54.5 Å². The van der Waals surface area contributed by atoms with E-state index in [-0.39, 0.29) is 52.7 Å². The van der Waals surface area contributed by atoms with Crippen LogP contribution in [-0.2, 0) is 23.9 Å². The molecule has 4 aliphatic rings. The van der Waals surface area contributed by atoms with Gasteiger partial charge in [-0.15, -0.1) is 0 Å². The van der Waals surface area contributed by atoms with Crippen LogP contribution < -0.4 is 10.6 Å². The maximum absolute atomic E-state index is 12.6. The molecule has 4 aliphatic carbocycles. The van der Waals surface area contributed by atoms with E-state index in [4.69, 9.17) is 21.1 Å². The van der Waals surface area contributed by atoms with Crippen LogP contribution in [0.1, 0.15) is 105 Å². The number of fused-ring (bicyclic) bond motifs is 6. The maximum Gasteiger partial charge on any atom is 0.302 e. The van der Waals surface area contributed by atoms with Crippen molar-refractivity contribution in [3.8, 4) is 0 Å². The molecule has 0 unspecified atom stereocenters. The number of esters is 2. The molecule has 0 spiro atoms. The molecule has 1 heterocycles. The molecule has 9 heteroatoms. The Hall–Kier alpha value is -2.71. The molecule has 1 aromatic carbocycles. The number of ether oxygens (including phenoxy) is 2. The number of unbranched alkanes of at least 4 members (excludes halogenated alkanes) is 1. The van der Waals surface area contributed by atoms with Gasteiger partial charge in [-0.2, -0.15) is 0 Å². The molecule has 0 radical (unpaired) electrons. The number of anilines is 1. The minimum atomic E-state index is -0.233. The number of carbonyl (C=O) groups is 3. The third kappa shape index (κ3) is 7.44. The number of nitrogens with one attached hydrogen (secondary N) is 2. The summed E-state index contributed by atoms with van der Waals surface area (Å²) >= 11 is 6.14. The zero-order valence-electron chi connectivity index (χ0n) is 30.8. The number of nitrogens with zero attached hydrogens (tertiary/aromatic N) is 1. The molecule has 0 amide bonds. The molecule has 0 aliphatic heterocycles.